The smallest absolute Gasteiger partial charge is 0.383 e. The van der Waals surface area contributed by atoms with Crippen molar-refractivity contribution in [2.75, 3.05) is 31.2 Å². The number of hydrogen-bond donors (Lipinski definition) is 0. The Morgan fingerprint density at radius 2 is 1.84 bits per heavy atom. The van der Waals surface area contributed by atoms with Crippen molar-refractivity contribution < 1.29 is 14.3 Å². The molecule has 176 valence electrons. The number of rotatable bonds is 13. The zero-order valence-corrected chi connectivity index (χ0v) is 20.1. The van der Waals surface area contributed by atoms with Crippen molar-refractivity contribution in [1.82, 2.24) is 0 Å². The highest BCUT2D eigenvalue weighted by molar-refractivity contribution is 6.42. The number of fused-ring (bicyclic) bond motifs is 1. The molecule has 2 heterocycles. The van der Waals surface area contributed by atoms with E-state index >= 15 is 0 Å². The van der Waals surface area contributed by atoms with Crippen LogP contribution >= 0.6 is 0 Å². The van der Waals surface area contributed by atoms with Crippen LogP contribution in [0.5, 0.6) is 0 Å². The van der Waals surface area contributed by atoms with Crippen molar-refractivity contribution in [3.05, 3.63) is 23.3 Å². The summed E-state index contributed by atoms with van der Waals surface area (Å²) in [5.41, 5.74) is 4.40. The lowest BCUT2D eigenvalue weighted by Crippen LogP contribution is -2.28. The number of amidine groups is 1. The van der Waals surface area contributed by atoms with Gasteiger partial charge in [0.2, 0.25) is 11.7 Å². The highest BCUT2D eigenvalue weighted by atomic mass is 16.6. The largest absolute Gasteiger partial charge is 0.403 e. The first-order valence-electron chi connectivity index (χ1n) is 12.5. The molecule has 0 aromatic heterocycles. The van der Waals surface area contributed by atoms with Crippen LogP contribution in [0, 0.1) is 6.92 Å². The molecule has 2 aliphatic heterocycles. The third-order valence-corrected chi connectivity index (χ3v) is 6.21. The Hall–Kier alpha value is -2.21. The number of benzene rings is 1. The highest BCUT2D eigenvalue weighted by Gasteiger charge is 2.25. The van der Waals surface area contributed by atoms with E-state index in [1.807, 2.05) is 6.92 Å². The summed E-state index contributed by atoms with van der Waals surface area (Å²) in [7, 11) is 0. The van der Waals surface area contributed by atoms with E-state index in [4.69, 9.17) is 9.47 Å². The number of carbonyl (C=O) groups is 1. The lowest BCUT2D eigenvalue weighted by Gasteiger charge is -2.31. The average molecular weight is 442 g/mol. The van der Waals surface area contributed by atoms with E-state index in [9.17, 15) is 4.79 Å². The summed E-state index contributed by atoms with van der Waals surface area (Å²) >= 11 is 0. The van der Waals surface area contributed by atoms with E-state index in [0.717, 1.165) is 43.6 Å². The van der Waals surface area contributed by atoms with Gasteiger partial charge in [0.05, 0.1) is 5.69 Å². The predicted molar refractivity (Wildman–Crippen MR) is 131 cm³/mol. The maximum atomic E-state index is 12.2. The summed E-state index contributed by atoms with van der Waals surface area (Å²) < 4.78 is 10.9. The van der Waals surface area contributed by atoms with E-state index in [0.29, 0.717) is 12.5 Å². The fraction of sp³-hybridized carbons (Fsp3) is 0.654. The molecule has 3 rings (SSSR count). The molecular formula is C26H39N3O3. The first kappa shape index (κ1) is 24.4. The molecule has 0 atom stereocenters. The Kier molecular flexibility index (Phi) is 9.72. The van der Waals surface area contributed by atoms with Crippen molar-refractivity contribution in [2.24, 2.45) is 9.98 Å². The lowest BCUT2D eigenvalue weighted by molar-refractivity contribution is -0.127. The van der Waals surface area contributed by atoms with E-state index in [-0.39, 0.29) is 12.4 Å². The summed E-state index contributed by atoms with van der Waals surface area (Å²) in [6.45, 7) is 9.42. The maximum Gasteiger partial charge on any atom is 0.383 e. The maximum absolute atomic E-state index is 12.2. The van der Waals surface area contributed by atoms with Crippen molar-refractivity contribution in [3.8, 4) is 0 Å². The number of ether oxygens (including phenoxy) is 2. The molecule has 0 radical (unpaired) electrons. The first-order chi connectivity index (χ1) is 15.6. The SMILES string of the molecule is CCCCCCCCCCOCC1=NC(=Nc2cc3c(cc2C)N(CC)CCC3)C(=O)O1. The molecule has 6 heteroatoms. The van der Waals surface area contributed by atoms with Crippen LogP contribution in [0.4, 0.5) is 11.4 Å². The van der Waals surface area contributed by atoms with Crippen LogP contribution in [-0.4, -0.2) is 44.0 Å². The number of hydrogen-bond acceptors (Lipinski definition) is 5. The van der Waals surface area contributed by atoms with Crippen molar-refractivity contribution in [1.29, 1.82) is 0 Å². The quantitative estimate of drug-likeness (QED) is 0.282. The normalized spacial score (nSPS) is 17.0. The molecule has 0 saturated heterocycles. The number of aryl methyl sites for hydroxylation is 2. The molecule has 2 aliphatic rings. The Morgan fingerprint density at radius 3 is 2.59 bits per heavy atom. The monoisotopic (exact) mass is 441 g/mol. The standard InChI is InChI=1S/C26H39N3O3/c1-4-6-7-8-9-10-11-12-16-31-19-24-28-25(26(30)32-24)27-22-18-21-14-13-15-29(5-2)23(21)17-20(22)3/h17-18H,4-16,19H2,1-3H3. The molecule has 0 unspecified atom stereocenters. The Morgan fingerprint density at radius 1 is 1.09 bits per heavy atom. The van der Waals surface area contributed by atoms with E-state index < -0.39 is 5.97 Å². The molecule has 0 N–H and O–H groups in total. The van der Waals surface area contributed by atoms with Gasteiger partial charge in [-0.15, -0.1) is 0 Å². The van der Waals surface area contributed by atoms with E-state index in [1.54, 1.807) is 0 Å². The van der Waals surface area contributed by atoms with Gasteiger partial charge in [-0.05, 0) is 56.4 Å². The van der Waals surface area contributed by atoms with Gasteiger partial charge in [0, 0.05) is 25.4 Å². The molecule has 0 fully saturated rings. The van der Waals surface area contributed by atoms with Gasteiger partial charge < -0.3 is 14.4 Å². The van der Waals surface area contributed by atoms with E-state index in [1.165, 1.54) is 56.2 Å². The fourth-order valence-corrected chi connectivity index (χ4v) is 4.33. The molecule has 0 bridgehead atoms. The summed E-state index contributed by atoms with van der Waals surface area (Å²) in [4.78, 5) is 23.4. The van der Waals surface area contributed by atoms with Crippen LogP contribution in [0.2, 0.25) is 0 Å². The number of unbranched alkanes of at least 4 members (excludes halogenated alkanes) is 7. The number of cyclic esters (lactones) is 1. The molecule has 0 saturated carbocycles. The average Bonchev–Trinajstić information content (AvgIpc) is 3.14. The number of carbonyl (C=O) groups excluding carboxylic acids is 1. The Bertz CT molecular complexity index is 832. The number of nitrogens with zero attached hydrogens (tertiary/aromatic N) is 3. The zero-order chi connectivity index (χ0) is 22.8. The molecule has 1 aromatic carbocycles. The molecule has 32 heavy (non-hydrogen) atoms. The zero-order valence-electron chi connectivity index (χ0n) is 20.1. The molecular weight excluding hydrogens is 402 g/mol. The summed E-state index contributed by atoms with van der Waals surface area (Å²) in [6.07, 6.45) is 12.3. The van der Waals surface area contributed by atoms with Gasteiger partial charge in [0.1, 0.15) is 6.61 Å². The summed E-state index contributed by atoms with van der Waals surface area (Å²) in [5, 5.41) is 0. The van der Waals surface area contributed by atoms with Crippen molar-refractivity contribution in [2.45, 2.75) is 85.0 Å². The third kappa shape index (κ3) is 6.89. The topological polar surface area (TPSA) is 63.5 Å². The van der Waals surface area contributed by atoms with Crippen LogP contribution in [-0.2, 0) is 20.7 Å². The van der Waals surface area contributed by atoms with Gasteiger partial charge in [0.15, 0.2) is 0 Å². The van der Waals surface area contributed by atoms with Crippen LogP contribution in [0.25, 0.3) is 0 Å². The minimum atomic E-state index is -0.497. The highest BCUT2D eigenvalue weighted by Crippen LogP contribution is 2.33. The minimum absolute atomic E-state index is 0.113. The Labute approximate surface area is 193 Å². The number of esters is 1. The van der Waals surface area contributed by atoms with Crippen molar-refractivity contribution in [3.63, 3.8) is 0 Å². The van der Waals surface area contributed by atoms with Crippen LogP contribution < -0.4 is 4.90 Å². The first-order valence-corrected chi connectivity index (χ1v) is 12.5. The number of anilines is 1. The van der Waals surface area contributed by atoms with Gasteiger partial charge >= 0.3 is 5.97 Å². The van der Waals surface area contributed by atoms with Gasteiger partial charge in [-0.2, -0.15) is 4.99 Å². The molecule has 1 aromatic rings. The van der Waals surface area contributed by atoms with Crippen LogP contribution in [0.1, 0.15) is 82.8 Å². The lowest BCUT2D eigenvalue weighted by atomic mass is 9.98. The number of aliphatic imine (C=N–C) groups is 2. The van der Waals surface area contributed by atoms with Crippen LogP contribution in [0.15, 0.2) is 22.1 Å². The van der Waals surface area contributed by atoms with Crippen LogP contribution in [0.3, 0.4) is 0 Å². The minimum Gasteiger partial charge on any atom is -0.403 e. The van der Waals surface area contributed by atoms with Crippen molar-refractivity contribution >= 4 is 29.1 Å². The second kappa shape index (κ2) is 12.7. The van der Waals surface area contributed by atoms with Gasteiger partial charge in [-0.1, -0.05) is 51.9 Å². The van der Waals surface area contributed by atoms with Gasteiger partial charge in [-0.25, -0.2) is 9.79 Å². The summed E-state index contributed by atoms with van der Waals surface area (Å²) in [6, 6.07) is 4.27. The van der Waals surface area contributed by atoms with Gasteiger partial charge in [0.25, 0.3) is 0 Å². The molecule has 6 nitrogen and oxygen atoms in total. The second-order valence-corrected chi connectivity index (χ2v) is 8.81. The molecule has 0 aliphatic carbocycles. The Balaban J connectivity index is 1.48. The fourth-order valence-electron chi connectivity index (χ4n) is 4.33. The van der Waals surface area contributed by atoms with E-state index in [2.05, 4.69) is 40.9 Å². The third-order valence-electron chi connectivity index (χ3n) is 6.21. The predicted octanol–water partition coefficient (Wildman–Crippen LogP) is 5.91. The summed E-state index contributed by atoms with van der Waals surface area (Å²) in [5.74, 6) is -0.0778. The molecule has 0 amide bonds. The molecule has 0 spiro atoms. The van der Waals surface area contributed by atoms with Gasteiger partial charge in [-0.3, -0.25) is 0 Å². The second-order valence-electron chi connectivity index (χ2n) is 8.81.